The Morgan fingerprint density at radius 3 is 2.65 bits per heavy atom. The van der Waals surface area contributed by atoms with Crippen molar-refractivity contribution in [2.24, 2.45) is 0 Å². The van der Waals surface area contributed by atoms with Crippen molar-refractivity contribution in [2.75, 3.05) is 11.6 Å². The van der Waals surface area contributed by atoms with E-state index in [4.69, 9.17) is 9.15 Å². The number of anilines is 1. The molecule has 0 amide bonds. The Morgan fingerprint density at radius 2 is 1.85 bits per heavy atom. The van der Waals surface area contributed by atoms with Crippen LogP contribution in [0.4, 0.5) is 5.82 Å². The average Bonchev–Trinajstić information content (AvgIpc) is 2.70. The lowest BCUT2D eigenvalue weighted by atomic mass is 10.00. The molecule has 1 N–H and O–H groups in total. The van der Waals surface area contributed by atoms with Gasteiger partial charge in [0.2, 0.25) is 6.73 Å². The number of hydrogen-bond acceptors (Lipinski definition) is 4. The predicted molar refractivity (Wildman–Crippen MR) is 99.4 cm³/mol. The number of aromatic amines is 1. The first kappa shape index (κ1) is 15.0. The number of benzene rings is 2. The second-order valence-corrected chi connectivity index (χ2v) is 6.52. The van der Waals surface area contributed by atoms with Crippen LogP contribution in [0.2, 0.25) is 0 Å². The number of aryl methyl sites for hydroxylation is 1. The number of fused-ring (bicyclic) bond motifs is 4. The highest BCUT2D eigenvalue weighted by molar-refractivity contribution is 6.06. The molecule has 0 saturated heterocycles. The van der Waals surface area contributed by atoms with Crippen LogP contribution in [0.15, 0.2) is 63.9 Å². The summed E-state index contributed by atoms with van der Waals surface area (Å²) in [7, 11) is 0. The van der Waals surface area contributed by atoms with Crippen LogP contribution in [0, 0.1) is 6.92 Å². The molecule has 1 aliphatic rings. The Labute approximate surface area is 149 Å². The SMILES string of the molecule is Cc1c2c(cc3c1oc(=O)c1ccccc13)CN(c1cccc[nH+]1)CO2. The maximum absolute atomic E-state index is 12.3. The van der Waals surface area contributed by atoms with Crippen molar-refractivity contribution in [2.45, 2.75) is 13.5 Å². The van der Waals surface area contributed by atoms with Gasteiger partial charge in [-0.15, -0.1) is 0 Å². The molecule has 128 valence electrons. The lowest BCUT2D eigenvalue weighted by Gasteiger charge is -2.26. The maximum atomic E-state index is 12.3. The molecule has 5 heteroatoms. The highest BCUT2D eigenvalue weighted by Gasteiger charge is 2.27. The quantitative estimate of drug-likeness (QED) is 0.392. The second kappa shape index (κ2) is 5.59. The van der Waals surface area contributed by atoms with Crippen LogP contribution in [-0.2, 0) is 6.54 Å². The van der Waals surface area contributed by atoms with E-state index in [-0.39, 0.29) is 5.63 Å². The third-order valence-electron chi connectivity index (χ3n) is 4.93. The number of pyridine rings is 1. The van der Waals surface area contributed by atoms with E-state index in [1.54, 1.807) is 6.07 Å². The molecule has 0 radical (unpaired) electrons. The first-order valence-electron chi connectivity index (χ1n) is 8.55. The van der Waals surface area contributed by atoms with E-state index >= 15 is 0 Å². The standard InChI is InChI=1S/C21H16N2O3/c1-13-19-14(11-23(12-25-19)18-8-4-5-9-22-18)10-17-15-6-2-3-7-16(15)21(24)26-20(13)17/h2-10H,11-12H2,1H3/p+1. The van der Waals surface area contributed by atoms with Crippen molar-refractivity contribution in [3.63, 3.8) is 0 Å². The van der Waals surface area contributed by atoms with E-state index in [1.165, 1.54) is 0 Å². The van der Waals surface area contributed by atoms with Crippen LogP contribution in [0.25, 0.3) is 21.7 Å². The number of rotatable bonds is 1. The monoisotopic (exact) mass is 345 g/mol. The Morgan fingerprint density at radius 1 is 1.04 bits per heavy atom. The van der Waals surface area contributed by atoms with Crippen molar-refractivity contribution in [1.29, 1.82) is 0 Å². The number of ether oxygens (including phenoxy) is 1. The summed E-state index contributed by atoms with van der Waals surface area (Å²) in [5.41, 5.74) is 2.24. The van der Waals surface area contributed by atoms with Crippen LogP contribution >= 0.6 is 0 Å². The van der Waals surface area contributed by atoms with Gasteiger partial charge in [-0.3, -0.25) is 0 Å². The van der Waals surface area contributed by atoms with E-state index in [1.807, 2.05) is 49.5 Å². The predicted octanol–water partition coefficient (Wildman–Crippen LogP) is 3.43. The smallest absolute Gasteiger partial charge is 0.344 e. The van der Waals surface area contributed by atoms with E-state index in [0.29, 0.717) is 17.7 Å². The van der Waals surface area contributed by atoms with Crippen LogP contribution in [-0.4, -0.2) is 6.73 Å². The molecule has 26 heavy (non-hydrogen) atoms. The zero-order valence-corrected chi connectivity index (χ0v) is 14.3. The molecule has 0 atom stereocenters. The van der Waals surface area contributed by atoms with Gasteiger partial charge in [0, 0.05) is 22.6 Å². The van der Waals surface area contributed by atoms with Gasteiger partial charge >= 0.3 is 5.63 Å². The van der Waals surface area contributed by atoms with Gasteiger partial charge in [0.05, 0.1) is 11.6 Å². The molecule has 3 heterocycles. The number of aromatic nitrogens is 1. The summed E-state index contributed by atoms with van der Waals surface area (Å²) in [5, 5.41) is 2.45. The van der Waals surface area contributed by atoms with Gasteiger partial charge in [-0.25, -0.2) is 14.7 Å². The Hall–Kier alpha value is -3.34. The molecular formula is C21H17N2O3+. The Kier molecular flexibility index (Phi) is 3.22. The molecule has 0 fully saturated rings. The average molecular weight is 345 g/mol. The zero-order valence-electron chi connectivity index (χ0n) is 14.3. The van der Waals surface area contributed by atoms with Crippen LogP contribution in [0.3, 0.4) is 0 Å². The van der Waals surface area contributed by atoms with E-state index < -0.39 is 0 Å². The minimum atomic E-state index is -0.313. The molecule has 0 aliphatic carbocycles. The largest absolute Gasteiger partial charge is 0.454 e. The summed E-state index contributed by atoms with van der Waals surface area (Å²) < 4.78 is 11.7. The number of hydrogen-bond donors (Lipinski definition) is 0. The summed E-state index contributed by atoms with van der Waals surface area (Å²) in [5.74, 6) is 1.81. The van der Waals surface area contributed by atoms with Gasteiger partial charge in [-0.1, -0.05) is 24.3 Å². The Balaban J connectivity index is 1.73. The summed E-state index contributed by atoms with van der Waals surface area (Å²) in [4.78, 5) is 17.7. The lowest BCUT2D eigenvalue weighted by Crippen LogP contribution is -2.35. The summed E-state index contributed by atoms with van der Waals surface area (Å²) in [6, 6.07) is 15.6. The number of H-pyrrole nitrogens is 1. The molecule has 4 aromatic rings. The summed E-state index contributed by atoms with van der Waals surface area (Å²) in [6.07, 6.45) is 1.90. The van der Waals surface area contributed by atoms with Gasteiger partial charge < -0.3 is 9.15 Å². The van der Waals surface area contributed by atoms with Gasteiger partial charge in [0.1, 0.15) is 17.9 Å². The molecule has 5 rings (SSSR count). The lowest BCUT2D eigenvalue weighted by molar-refractivity contribution is -0.364. The van der Waals surface area contributed by atoms with E-state index in [0.717, 1.165) is 40.0 Å². The molecule has 5 nitrogen and oxygen atoms in total. The van der Waals surface area contributed by atoms with Crippen molar-refractivity contribution in [3.05, 3.63) is 76.3 Å². The van der Waals surface area contributed by atoms with Gasteiger partial charge in [-0.05, 0) is 30.5 Å². The summed E-state index contributed by atoms with van der Waals surface area (Å²) in [6.45, 7) is 3.11. The van der Waals surface area contributed by atoms with Gasteiger partial charge in [0.15, 0.2) is 0 Å². The zero-order chi connectivity index (χ0) is 17.7. The van der Waals surface area contributed by atoms with Crippen molar-refractivity contribution in [1.82, 2.24) is 0 Å². The van der Waals surface area contributed by atoms with Gasteiger partial charge in [-0.2, -0.15) is 0 Å². The fourth-order valence-electron chi connectivity index (χ4n) is 3.67. The third-order valence-corrected chi connectivity index (χ3v) is 4.93. The molecule has 2 aromatic heterocycles. The van der Waals surface area contributed by atoms with Crippen molar-refractivity contribution in [3.8, 4) is 5.75 Å². The summed E-state index contributed by atoms with van der Waals surface area (Å²) >= 11 is 0. The molecule has 0 saturated carbocycles. The molecule has 1 aliphatic heterocycles. The Bertz CT molecular complexity index is 1200. The fraction of sp³-hybridized carbons (Fsp3) is 0.143. The van der Waals surface area contributed by atoms with Crippen LogP contribution in [0.1, 0.15) is 11.1 Å². The molecule has 0 spiro atoms. The normalized spacial score (nSPS) is 13.7. The molecule has 2 aromatic carbocycles. The van der Waals surface area contributed by atoms with Crippen molar-refractivity contribution < 1.29 is 14.1 Å². The van der Waals surface area contributed by atoms with E-state index in [9.17, 15) is 4.79 Å². The van der Waals surface area contributed by atoms with Crippen LogP contribution < -0.4 is 20.2 Å². The molecular weight excluding hydrogens is 328 g/mol. The molecule has 0 bridgehead atoms. The minimum Gasteiger partial charge on any atom is -0.454 e. The highest BCUT2D eigenvalue weighted by atomic mass is 16.5. The maximum Gasteiger partial charge on any atom is 0.344 e. The van der Waals surface area contributed by atoms with Crippen LogP contribution in [0.5, 0.6) is 5.75 Å². The highest BCUT2D eigenvalue weighted by Crippen LogP contribution is 2.37. The third kappa shape index (κ3) is 2.17. The fourth-order valence-corrected chi connectivity index (χ4v) is 3.67. The molecule has 0 unspecified atom stereocenters. The first-order valence-corrected chi connectivity index (χ1v) is 8.55. The number of nitrogens with zero attached hydrogens (tertiary/aromatic N) is 1. The first-order chi connectivity index (χ1) is 12.7. The van der Waals surface area contributed by atoms with Crippen molar-refractivity contribution >= 4 is 27.6 Å². The topological polar surface area (TPSA) is 56.8 Å². The van der Waals surface area contributed by atoms with E-state index in [2.05, 4.69) is 16.0 Å². The van der Waals surface area contributed by atoms with Gasteiger partial charge in [0.25, 0.3) is 5.82 Å². The minimum absolute atomic E-state index is 0.313. The second-order valence-electron chi connectivity index (χ2n) is 6.52. The number of nitrogens with one attached hydrogen (secondary N) is 1.